The molecule has 0 heterocycles. The van der Waals surface area contributed by atoms with Gasteiger partial charge < -0.3 is 5.11 Å². The average molecular weight is 487 g/mol. The van der Waals surface area contributed by atoms with Crippen LogP contribution in [0.25, 0.3) is 0 Å². The standard InChI is InChI=1S/C27H23N2O5P/c30-27-25(28(31)32)19-21(20-26(27)29(33)34)11-10-18-35(22-12-4-1-5-13-22,23-14-6-2-7-15-23)24-16-8-3-9-17-24/h1-9,12-17,19-20H,10-11,18H2/p+1. The highest BCUT2D eigenvalue weighted by molar-refractivity contribution is 7.95. The number of phenolic OH excluding ortho intramolecular Hbond substituents is 1. The SMILES string of the molecule is O=[N+]([O-])c1cc(CCC[P+](c2ccccc2)(c2ccccc2)c2ccccc2)cc([N+](=O)[O-])c1O. The van der Waals surface area contributed by atoms with Gasteiger partial charge in [0.1, 0.15) is 23.2 Å². The van der Waals surface area contributed by atoms with E-state index in [2.05, 4.69) is 36.4 Å². The van der Waals surface area contributed by atoms with Crippen LogP contribution >= 0.6 is 7.26 Å². The molecule has 0 saturated carbocycles. The van der Waals surface area contributed by atoms with E-state index in [1.807, 2.05) is 54.6 Å². The third-order valence-corrected chi connectivity index (χ3v) is 10.6. The first kappa shape index (κ1) is 24.0. The first-order valence-corrected chi connectivity index (χ1v) is 13.1. The Morgan fingerprint density at radius 2 is 1.03 bits per heavy atom. The second-order valence-corrected chi connectivity index (χ2v) is 11.8. The monoisotopic (exact) mass is 487 g/mol. The Labute approximate surface area is 203 Å². The number of phenols is 1. The predicted molar refractivity (Wildman–Crippen MR) is 140 cm³/mol. The summed E-state index contributed by atoms with van der Waals surface area (Å²) in [4.78, 5) is 21.1. The molecule has 8 heteroatoms. The van der Waals surface area contributed by atoms with Gasteiger partial charge in [-0.3, -0.25) is 20.2 Å². The van der Waals surface area contributed by atoms with Gasteiger partial charge in [0.15, 0.2) is 0 Å². The van der Waals surface area contributed by atoms with Crippen LogP contribution in [0.1, 0.15) is 12.0 Å². The van der Waals surface area contributed by atoms with E-state index < -0.39 is 34.2 Å². The maximum absolute atomic E-state index is 11.4. The van der Waals surface area contributed by atoms with Crippen molar-refractivity contribution in [3.8, 4) is 5.75 Å². The molecule has 0 aliphatic heterocycles. The third kappa shape index (κ3) is 4.91. The predicted octanol–water partition coefficient (Wildman–Crippen LogP) is 5.14. The lowest BCUT2D eigenvalue weighted by molar-refractivity contribution is -0.396. The molecule has 0 spiro atoms. The van der Waals surface area contributed by atoms with E-state index in [0.717, 1.165) is 6.16 Å². The van der Waals surface area contributed by atoms with Crippen molar-refractivity contribution >= 4 is 34.6 Å². The van der Waals surface area contributed by atoms with Crippen molar-refractivity contribution in [1.29, 1.82) is 0 Å². The number of hydrogen-bond acceptors (Lipinski definition) is 5. The highest BCUT2D eigenvalue weighted by Crippen LogP contribution is 2.56. The molecule has 0 radical (unpaired) electrons. The van der Waals surface area contributed by atoms with E-state index in [1.54, 1.807) is 0 Å². The Hall–Kier alpha value is -4.09. The molecule has 35 heavy (non-hydrogen) atoms. The highest BCUT2D eigenvalue weighted by atomic mass is 31.2. The summed E-state index contributed by atoms with van der Waals surface area (Å²) in [5.41, 5.74) is -0.845. The fourth-order valence-corrected chi connectivity index (χ4v) is 8.83. The molecule has 0 aliphatic carbocycles. The van der Waals surface area contributed by atoms with Crippen molar-refractivity contribution in [3.05, 3.63) is 129 Å². The van der Waals surface area contributed by atoms with Crippen LogP contribution in [0, 0.1) is 20.2 Å². The van der Waals surface area contributed by atoms with Crippen molar-refractivity contribution in [1.82, 2.24) is 0 Å². The van der Waals surface area contributed by atoms with Gasteiger partial charge in [-0.05, 0) is 54.8 Å². The Bertz CT molecular complexity index is 1200. The molecule has 0 saturated heterocycles. The molecule has 0 unspecified atom stereocenters. The zero-order valence-electron chi connectivity index (χ0n) is 18.9. The molecule has 1 N–H and O–H groups in total. The summed E-state index contributed by atoms with van der Waals surface area (Å²) < 4.78 is 0. The topological polar surface area (TPSA) is 107 Å². The molecule has 0 aromatic heterocycles. The largest absolute Gasteiger partial charge is 0.497 e. The van der Waals surface area contributed by atoms with Gasteiger partial charge in [-0.2, -0.15) is 0 Å². The summed E-state index contributed by atoms with van der Waals surface area (Å²) in [6, 6.07) is 33.5. The Kier molecular flexibility index (Phi) is 7.18. The van der Waals surface area contributed by atoms with Crippen LogP contribution in [0.5, 0.6) is 5.75 Å². The van der Waals surface area contributed by atoms with Crippen molar-refractivity contribution in [2.45, 2.75) is 12.8 Å². The van der Waals surface area contributed by atoms with E-state index >= 15 is 0 Å². The van der Waals surface area contributed by atoms with Gasteiger partial charge in [0, 0.05) is 12.1 Å². The molecule has 4 aromatic carbocycles. The zero-order valence-corrected chi connectivity index (χ0v) is 19.8. The molecule has 0 fully saturated rings. The minimum Gasteiger partial charge on any atom is -0.497 e. The van der Waals surface area contributed by atoms with Gasteiger partial charge in [0.25, 0.3) is 5.75 Å². The van der Waals surface area contributed by atoms with Gasteiger partial charge in [-0.25, -0.2) is 0 Å². The second kappa shape index (κ2) is 10.5. The number of benzene rings is 4. The lowest BCUT2D eigenvalue weighted by Crippen LogP contribution is -2.33. The summed E-state index contributed by atoms with van der Waals surface area (Å²) >= 11 is 0. The number of rotatable bonds is 9. The third-order valence-electron chi connectivity index (χ3n) is 6.07. The number of hydrogen-bond donors (Lipinski definition) is 1. The van der Waals surface area contributed by atoms with Gasteiger partial charge >= 0.3 is 11.4 Å². The smallest absolute Gasteiger partial charge is 0.318 e. The quantitative estimate of drug-likeness (QED) is 0.200. The fourth-order valence-electron chi connectivity index (χ4n) is 4.49. The van der Waals surface area contributed by atoms with Crippen LogP contribution in [0.4, 0.5) is 11.4 Å². The number of aromatic hydroxyl groups is 1. The summed E-state index contributed by atoms with van der Waals surface area (Å²) in [6.45, 7) is 0. The maximum Gasteiger partial charge on any atom is 0.318 e. The van der Waals surface area contributed by atoms with Crippen LogP contribution in [-0.4, -0.2) is 21.1 Å². The molecule has 4 aromatic rings. The van der Waals surface area contributed by atoms with Crippen molar-refractivity contribution in [2.24, 2.45) is 0 Å². The number of nitrogens with zero attached hydrogens (tertiary/aromatic N) is 2. The molecule has 0 atom stereocenters. The van der Waals surface area contributed by atoms with Crippen LogP contribution in [0.3, 0.4) is 0 Å². The van der Waals surface area contributed by atoms with Crippen LogP contribution in [0.2, 0.25) is 0 Å². The summed E-state index contributed by atoms with van der Waals surface area (Å²) in [5, 5.41) is 36.4. The summed E-state index contributed by atoms with van der Waals surface area (Å²) in [5.74, 6) is -0.913. The average Bonchev–Trinajstić information content (AvgIpc) is 2.88. The van der Waals surface area contributed by atoms with Crippen molar-refractivity contribution < 1.29 is 15.0 Å². The maximum atomic E-state index is 11.4. The molecule has 7 nitrogen and oxygen atoms in total. The van der Waals surface area contributed by atoms with Crippen LogP contribution in [-0.2, 0) is 6.42 Å². The van der Waals surface area contributed by atoms with Gasteiger partial charge in [-0.1, -0.05) is 54.6 Å². The zero-order chi connectivity index (χ0) is 24.8. The van der Waals surface area contributed by atoms with E-state index in [9.17, 15) is 25.3 Å². The lowest BCUT2D eigenvalue weighted by atomic mass is 10.1. The number of nitro groups is 2. The lowest BCUT2D eigenvalue weighted by Gasteiger charge is -2.27. The first-order valence-electron chi connectivity index (χ1n) is 11.1. The Balaban J connectivity index is 1.76. The number of nitro benzene ring substituents is 2. The van der Waals surface area contributed by atoms with Crippen molar-refractivity contribution in [3.63, 3.8) is 0 Å². The summed E-state index contributed by atoms with van der Waals surface area (Å²) in [7, 11) is -2.08. The van der Waals surface area contributed by atoms with E-state index in [4.69, 9.17) is 0 Å². The molecule has 4 rings (SSSR count). The number of aryl methyl sites for hydroxylation is 1. The molecular weight excluding hydrogens is 463 g/mol. The van der Waals surface area contributed by atoms with E-state index in [-0.39, 0.29) is 0 Å². The molecule has 0 amide bonds. The molecule has 0 aliphatic rings. The fraction of sp³-hybridized carbons (Fsp3) is 0.111. The second-order valence-electron chi connectivity index (χ2n) is 8.14. The van der Waals surface area contributed by atoms with Crippen LogP contribution in [0.15, 0.2) is 103 Å². The van der Waals surface area contributed by atoms with Crippen LogP contribution < -0.4 is 15.9 Å². The van der Waals surface area contributed by atoms with E-state index in [0.29, 0.717) is 18.4 Å². The molecule has 0 bridgehead atoms. The van der Waals surface area contributed by atoms with Crippen molar-refractivity contribution in [2.75, 3.05) is 6.16 Å². The Morgan fingerprint density at radius 1 is 0.657 bits per heavy atom. The minimum atomic E-state index is -2.08. The summed E-state index contributed by atoms with van der Waals surface area (Å²) in [6.07, 6.45) is 1.81. The van der Waals surface area contributed by atoms with Gasteiger partial charge in [-0.15, -0.1) is 0 Å². The van der Waals surface area contributed by atoms with E-state index in [1.165, 1.54) is 28.0 Å². The minimum absolute atomic E-state index is 0.399. The normalized spacial score (nSPS) is 11.2. The van der Waals surface area contributed by atoms with Gasteiger partial charge in [0.05, 0.1) is 16.0 Å². The highest BCUT2D eigenvalue weighted by Gasteiger charge is 2.44. The molecular formula is C27H24N2O5P+. The molecule has 176 valence electrons. The Morgan fingerprint density at radius 3 is 1.37 bits per heavy atom. The first-order chi connectivity index (χ1) is 16.9. The van der Waals surface area contributed by atoms with Gasteiger partial charge in [0.2, 0.25) is 0 Å².